The number of aliphatic imine (C=N–C) groups is 1. The van der Waals surface area contributed by atoms with Crippen molar-refractivity contribution < 1.29 is 24.2 Å². The molecule has 0 unspecified atom stereocenters. The molecule has 1 aliphatic rings. The molecule has 0 spiro atoms. The molecule has 0 bridgehead atoms. The predicted molar refractivity (Wildman–Crippen MR) is 152 cm³/mol. The van der Waals surface area contributed by atoms with Gasteiger partial charge in [-0.1, -0.05) is 55.1 Å². The number of aryl methyl sites for hydroxylation is 1. The number of aliphatic hydroxyl groups is 1. The van der Waals surface area contributed by atoms with E-state index in [-0.39, 0.29) is 30.4 Å². The van der Waals surface area contributed by atoms with Gasteiger partial charge in [0.15, 0.2) is 0 Å². The summed E-state index contributed by atoms with van der Waals surface area (Å²) in [6.45, 7) is 4.98. The molecule has 198 valence electrons. The number of carbonyl (C=O) groups excluding carboxylic acids is 2. The summed E-state index contributed by atoms with van der Waals surface area (Å²) < 4.78 is 12.2. The van der Waals surface area contributed by atoms with Crippen LogP contribution in [0.5, 0.6) is 0 Å². The number of nitrogens with one attached hydrogen (secondary N) is 1. The number of ether oxygens (including phenoxy) is 2. The van der Waals surface area contributed by atoms with Crippen molar-refractivity contribution in [2.45, 2.75) is 26.8 Å². The average molecular weight is 534 g/mol. The summed E-state index contributed by atoms with van der Waals surface area (Å²) in [6.07, 6.45) is 4.52. The Morgan fingerprint density at radius 2 is 1.92 bits per heavy atom. The number of para-hydroxylation sites is 2. The second kappa shape index (κ2) is 12.6. The lowest BCUT2D eigenvalue weighted by Gasteiger charge is -2.09. The lowest BCUT2D eigenvalue weighted by atomic mass is 10.1. The molecule has 3 aromatic rings. The Hall–Kier alpha value is -3.82. The van der Waals surface area contributed by atoms with E-state index in [0.29, 0.717) is 28.8 Å². The predicted octanol–water partition coefficient (Wildman–Crippen LogP) is 5.16. The molecule has 2 N–H and O–H groups in total. The van der Waals surface area contributed by atoms with Gasteiger partial charge in [0.25, 0.3) is 0 Å². The third-order valence-corrected chi connectivity index (χ3v) is 7.00. The number of hydrogen-bond donors (Lipinski definition) is 2. The molecule has 1 aliphatic heterocycles. The van der Waals surface area contributed by atoms with E-state index in [2.05, 4.69) is 17.2 Å². The Kier molecular flexibility index (Phi) is 9.04. The molecular formula is C29H31N3O5S. The number of fused-ring (bicyclic) bond motifs is 1. The van der Waals surface area contributed by atoms with Crippen molar-refractivity contribution >= 4 is 51.3 Å². The van der Waals surface area contributed by atoms with Crippen molar-refractivity contribution in [3.8, 4) is 0 Å². The molecule has 0 saturated carbocycles. The zero-order valence-corrected chi connectivity index (χ0v) is 22.5. The maximum absolute atomic E-state index is 12.8. The molecule has 0 saturated heterocycles. The number of rotatable bonds is 10. The standard InChI is InChI=1S/C29H31N3O5S/c1-4-19-10-9-13-22-20(17-32(26(19)22)18-24(33)30-14-15-36-3)16-23-27(34)25(29(35)37-5-2)28(38-23)31-21-11-7-6-8-12-21/h6-13,16-17,34H,4-5,14-15,18H2,1-3H3,(H,30,33)/b23-16-,31-28?. The molecule has 1 aromatic heterocycles. The number of amides is 1. The van der Waals surface area contributed by atoms with Crippen LogP contribution in [0.2, 0.25) is 0 Å². The number of aromatic nitrogens is 1. The monoisotopic (exact) mass is 533 g/mol. The van der Waals surface area contributed by atoms with Crippen LogP contribution in [0.1, 0.15) is 25.0 Å². The van der Waals surface area contributed by atoms with Gasteiger partial charge in [-0.25, -0.2) is 9.79 Å². The summed E-state index contributed by atoms with van der Waals surface area (Å²) in [4.78, 5) is 30.5. The first-order valence-corrected chi connectivity index (χ1v) is 13.3. The fourth-order valence-corrected chi connectivity index (χ4v) is 5.27. The summed E-state index contributed by atoms with van der Waals surface area (Å²) in [6, 6.07) is 15.3. The number of benzene rings is 2. The summed E-state index contributed by atoms with van der Waals surface area (Å²) in [5.41, 5.74) is 3.59. The van der Waals surface area contributed by atoms with Crippen molar-refractivity contribution in [2.24, 2.45) is 4.99 Å². The highest BCUT2D eigenvalue weighted by Gasteiger charge is 2.33. The summed E-state index contributed by atoms with van der Waals surface area (Å²) >= 11 is 1.21. The minimum atomic E-state index is -0.626. The molecule has 8 nitrogen and oxygen atoms in total. The smallest absolute Gasteiger partial charge is 0.344 e. The topological polar surface area (TPSA) is 102 Å². The fraction of sp³-hybridized carbons (Fsp3) is 0.276. The molecule has 9 heteroatoms. The zero-order chi connectivity index (χ0) is 27.1. The number of methoxy groups -OCH3 is 1. The van der Waals surface area contributed by atoms with Gasteiger partial charge in [-0.2, -0.15) is 0 Å². The van der Waals surface area contributed by atoms with Crippen LogP contribution in [0.15, 0.2) is 76.0 Å². The summed E-state index contributed by atoms with van der Waals surface area (Å²) in [7, 11) is 1.59. The van der Waals surface area contributed by atoms with Crippen LogP contribution in [0.25, 0.3) is 17.0 Å². The second-order valence-electron chi connectivity index (χ2n) is 8.53. The third kappa shape index (κ3) is 6.00. The van der Waals surface area contributed by atoms with Crippen molar-refractivity contribution in [2.75, 3.05) is 26.9 Å². The van der Waals surface area contributed by atoms with Gasteiger partial charge in [0.05, 0.1) is 29.3 Å². The lowest BCUT2D eigenvalue weighted by molar-refractivity contribution is -0.138. The third-order valence-electron chi connectivity index (χ3n) is 5.98. The van der Waals surface area contributed by atoms with Gasteiger partial charge in [-0.3, -0.25) is 4.79 Å². The van der Waals surface area contributed by atoms with Gasteiger partial charge < -0.3 is 24.5 Å². The highest BCUT2D eigenvalue weighted by Crippen LogP contribution is 2.41. The van der Waals surface area contributed by atoms with E-state index in [4.69, 9.17) is 9.47 Å². The number of aliphatic hydroxyl groups excluding tert-OH is 1. The summed E-state index contributed by atoms with van der Waals surface area (Å²) in [5.74, 6) is -0.920. The Balaban J connectivity index is 1.77. The number of carbonyl (C=O) groups is 2. The fourth-order valence-electron chi connectivity index (χ4n) is 4.25. The van der Waals surface area contributed by atoms with Gasteiger partial charge in [-0.05, 0) is 37.1 Å². The van der Waals surface area contributed by atoms with Crippen molar-refractivity contribution in [3.63, 3.8) is 0 Å². The normalized spacial score (nSPS) is 15.6. The molecule has 0 fully saturated rings. The quantitative estimate of drug-likeness (QED) is 0.276. The van der Waals surface area contributed by atoms with Crippen molar-refractivity contribution in [1.82, 2.24) is 9.88 Å². The highest BCUT2D eigenvalue weighted by molar-refractivity contribution is 8.18. The number of nitrogens with zero attached hydrogens (tertiary/aromatic N) is 2. The first-order chi connectivity index (χ1) is 18.5. The maximum atomic E-state index is 12.8. The first-order valence-electron chi connectivity index (χ1n) is 12.5. The largest absolute Gasteiger partial charge is 0.506 e. The molecule has 38 heavy (non-hydrogen) atoms. The van der Waals surface area contributed by atoms with Crippen LogP contribution in [0.4, 0.5) is 5.69 Å². The van der Waals surface area contributed by atoms with Crippen LogP contribution < -0.4 is 5.32 Å². The van der Waals surface area contributed by atoms with E-state index in [0.717, 1.165) is 28.5 Å². The van der Waals surface area contributed by atoms with E-state index in [9.17, 15) is 14.7 Å². The second-order valence-corrected chi connectivity index (χ2v) is 9.56. The van der Waals surface area contributed by atoms with Crippen LogP contribution in [-0.4, -0.2) is 53.5 Å². The van der Waals surface area contributed by atoms with Crippen molar-refractivity contribution in [3.05, 3.63) is 82.1 Å². The Morgan fingerprint density at radius 1 is 1.13 bits per heavy atom. The van der Waals surface area contributed by atoms with Gasteiger partial charge in [-0.15, -0.1) is 0 Å². The van der Waals surface area contributed by atoms with Crippen LogP contribution in [0.3, 0.4) is 0 Å². The van der Waals surface area contributed by atoms with Gasteiger partial charge >= 0.3 is 5.97 Å². The number of hydrogen-bond acceptors (Lipinski definition) is 7. The molecule has 0 aliphatic carbocycles. The molecule has 2 heterocycles. The highest BCUT2D eigenvalue weighted by atomic mass is 32.2. The van der Waals surface area contributed by atoms with E-state index >= 15 is 0 Å². The van der Waals surface area contributed by atoms with Gasteiger partial charge in [0.2, 0.25) is 5.91 Å². The molecular weight excluding hydrogens is 502 g/mol. The van der Waals surface area contributed by atoms with Gasteiger partial charge in [0.1, 0.15) is 22.9 Å². The van der Waals surface area contributed by atoms with E-state index in [1.165, 1.54) is 11.8 Å². The van der Waals surface area contributed by atoms with Crippen LogP contribution >= 0.6 is 11.8 Å². The minimum Gasteiger partial charge on any atom is -0.506 e. The molecule has 4 rings (SSSR count). The Labute approximate surface area is 226 Å². The first kappa shape index (κ1) is 27.2. The molecule has 2 aromatic carbocycles. The average Bonchev–Trinajstić information content (AvgIpc) is 3.41. The maximum Gasteiger partial charge on any atom is 0.344 e. The van der Waals surface area contributed by atoms with E-state index < -0.39 is 5.97 Å². The van der Waals surface area contributed by atoms with E-state index in [1.54, 1.807) is 14.0 Å². The van der Waals surface area contributed by atoms with Crippen molar-refractivity contribution in [1.29, 1.82) is 0 Å². The van der Waals surface area contributed by atoms with Gasteiger partial charge in [0, 0.05) is 30.8 Å². The minimum absolute atomic E-state index is 0.0439. The van der Waals surface area contributed by atoms with E-state index in [1.807, 2.05) is 65.4 Å². The summed E-state index contributed by atoms with van der Waals surface area (Å²) in [5, 5.41) is 15.3. The lowest BCUT2D eigenvalue weighted by Crippen LogP contribution is -2.30. The Bertz CT molecular complexity index is 1420. The van der Waals surface area contributed by atoms with Crippen LogP contribution in [0, 0.1) is 0 Å². The number of esters is 1. The zero-order valence-electron chi connectivity index (χ0n) is 21.7. The Morgan fingerprint density at radius 3 is 2.63 bits per heavy atom. The molecule has 0 radical (unpaired) electrons. The SMILES string of the molecule is CCOC(=O)C1=C(O)/C(=C/c2cn(CC(=O)NCCOC)c3c(CC)cccc23)SC1=Nc1ccccc1. The molecule has 0 atom stereocenters. The number of thioether (sulfide) groups is 1. The molecule has 1 amide bonds. The van der Waals surface area contributed by atoms with Crippen LogP contribution in [-0.2, 0) is 32.0 Å².